The van der Waals surface area contributed by atoms with Crippen LogP contribution in [0.1, 0.15) is 19.3 Å². The molecule has 1 fully saturated rings. The average Bonchev–Trinajstić information content (AvgIpc) is 3.78. The van der Waals surface area contributed by atoms with Gasteiger partial charge in [-0.2, -0.15) is 0 Å². The van der Waals surface area contributed by atoms with Gasteiger partial charge in [-0.15, -0.1) is 0 Å². The largest absolute Gasteiger partial charge is 0.493 e. The molecule has 1 heterocycles. The van der Waals surface area contributed by atoms with Crippen LogP contribution in [0.15, 0.2) is 66.9 Å². The normalized spacial score (nSPS) is 13.3. The fourth-order valence-corrected chi connectivity index (χ4v) is 4.42. The number of rotatable bonds is 11. The Bertz CT molecular complexity index is 1640. The second-order valence-corrected chi connectivity index (χ2v) is 9.41. The van der Waals surface area contributed by atoms with E-state index in [-0.39, 0.29) is 48.7 Å². The van der Waals surface area contributed by atoms with Crippen molar-refractivity contribution in [1.29, 1.82) is 0 Å². The number of primary amides is 1. The maximum Gasteiger partial charge on any atom is 0.247 e. The standard InChI is InChI=1S/C30H25F2N3O6/c1-39-26-16-21-23(17-27(26)40-14-2-13-36)34-12-9-24(21)41-25-8-7-20(15-22(25)32)35(19-5-3-18(31)4-6-19)29(38)30(10-11-30)28(33)37/h3-9,12-13,15-17H,2,10-11,14H2,1H3,(H2,33,37). The van der Waals surface area contributed by atoms with E-state index in [9.17, 15) is 18.8 Å². The third-order valence-corrected chi connectivity index (χ3v) is 6.79. The fourth-order valence-electron chi connectivity index (χ4n) is 4.42. The first kappa shape index (κ1) is 27.5. The topological polar surface area (TPSA) is 121 Å². The summed E-state index contributed by atoms with van der Waals surface area (Å²) in [6.07, 6.45) is 2.98. The number of aromatic nitrogens is 1. The number of fused-ring (bicyclic) bond motifs is 1. The van der Waals surface area contributed by atoms with Crippen molar-refractivity contribution in [3.8, 4) is 23.0 Å². The van der Waals surface area contributed by atoms with Gasteiger partial charge in [0.15, 0.2) is 23.1 Å². The van der Waals surface area contributed by atoms with Crippen LogP contribution in [0.4, 0.5) is 20.2 Å². The van der Waals surface area contributed by atoms with E-state index in [1.54, 1.807) is 18.2 Å². The molecule has 210 valence electrons. The summed E-state index contributed by atoms with van der Waals surface area (Å²) < 4.78 is 46.0. The Balaban J connectivity index is 1.48. The van der Waals surface area contributed by atoms with E-state index >= 15 is 4.39 Å². The molecule has 0 atom stereocenters. The van der Waals surface area contributed by atoms with Crippen molar-refractivity contribution >= 4 is 40.4 Å². The first-order valence-electron chi connectivity index (χ1n) is 12.7. The predicted octanol–water partition coefficient (Wildman–Crippen LogP) is 5.21. The van der Waals surface area contributed by atoms with E-state index in [2.05, 4.69) is 4.98 Å². The fraction of sp³-hybridized carbons (Fsp3) is 0.200. The molecule has 1 saturated carbocycles. The number of carbonyl (C=O) groups is 3. The van der Waals surface area contributed by atoms with Gasteiger partial charge >= 0.3 is 0 Å². The summed E-state index contributed by atoms with van der Waals surface area (Å²) in [6.45, 7) is 0.164. The van der Waals surface area contributed by atoms with Crippen molar-refractivity contribution in [2.24, 2.45) is 11.1 Å². The average molecular weight is 562 g/mol. The zero-order valence-corrected chi connectivity index (χ0v) is 21.9. The lowest BCUT2D eigenvalue weighted by Crippen LogP contribution is -2.41. The Morgan fingerprint density at radius 1 is 0.976 bits per heavy atom. The lowest BCUT2D eigenvalue weighted by Gasteiger charge is -2.26. The summed E-state index contributed by atoms with van der Waals surface area (Å²) in [5, 5.41) is 0.510. The summed E-state index contributed by atoms with van der Waals surface area (Å²) >= 11 is 0. The monoisotopic (exact) mass is 561 g/mol. The van der Waals surface area contributed by atoms with Gasteiger partial charge in [-0.05, 0) is 61.4 Å². The Labute approximate surface area is 233 Å². The van der Waals surface area contributed by atoms with Crippen LogP contribution in [0.5, 0.6) is 23.0 Å². The number of anilines is 2. The number of aldehydes is 1. The number of benzene rings is 3. The minimum absolute atomic E-state index is 0.109. The number of methoxy groups -OCH3 is 1. The van der Waals surface area contributed by atoms with Crippen molar-refractivity contribution in [2.45, 2.75) is 19.3 Å². The molecule has 5 rings (SSSR count). The number of amides is 2. The molecule has 1 aromatic heterocycles. The molecule has 0 saturated heterocycles. The van der Waals surface area contributed by atoms with Gasteiger partial charge in [-0.1, -0.05) is 0 Å². The molecule has 1 aliphatic carbocycles. The second kappa shape index (κ2) is 11.2. The molecule has 4 aromatic rings. The number of nitrogens with two attached hydrogens (primary N) is 1. The number of hydrogen-bond donors (Lipinski definition) is 1. The number of nitrogens with zero attached hydrogens (tertiary/aromatic N) is 2. The first-order chi connectivity index (χ1) is 19.8. The molecule has 1 aliphatic rings. The molecule has 2 N–H and O–H groups in total. The number of pyridine rings is 1. The molecular formula is C30H25F2N3O6. The Kier molecular flexibility index (Phi) is 7.52. The van der Waals surface area contributed by atoms with Gasteiger partial charge in [0, 0.05) is 35.8 Å². The van der Waals surface area contributed by atoms with Gasteiger partial charge in [0.1, 0.15) is 23.3 Å². The summed E-state index contributed by atoms with van der Waals surface area (Å²) in [6, 6.07) is 13.8. The number of halogens is 2. The maximum atomic E-state index is 15.5. The molecule has 9 nitrogen and oxygen atoms in total. The molecule has 0 aliphatic heterocycles. The molecule has 41 heavy (non-hydrogen) atoms. The highest BCUT2D eigenvalue weighted by Gasteiger charge is 2.57. The van der Waals surface area contributed by atoms with Crippen molar-refractivity contribution in [2.75, 3.05) is 18.6 Å². The third-order valence-electron chi connectivity index (χ3n) is 6.79. The van der Waals surface area contributed by atoms with Crippen LogP contribution in [0, 0.1) is 17.0 Å². The molecule has 11 heteroatoms. The van der Waals surface area contributed by atoms with Gasteiger partial charge in [-0.25, -0.2) is 8.78 Å². The minimum Gasteiger partial charge on any atom is -0.493 e. The molecule has 3 aromatic carbocycles. The van der Waals surface area contributed by atoms with Crippen LogP contribution in [0.25, 0.3) is 10.9 Å². The van der Waals surface area contributed by atoms with E-state index in [0.717, 1.165) is 29.4 Å². The summed E-state index contributed by atoms with van der Waals surface area (Å²) in [5.74, 6) is -1.82. The number of hydrogen-bond acceptors (Lipinski definition) is 7. The third kappa shape index (κ3) is 5.38. The summed E-state index contributed by atoms with van der Waals surface area (Å²) in [7, 11) is 1.46. The van der Waals surface area contributed by atoms with Crippen molar-refractivity contribution in [3.63, 3.8) is 0 Å². The van der Waals surface area contributed by atoms with Gasteiger partial charge in [0.2, 0.25) is 11.8 Å². The van der Waals surface area contributed by atoms with Gasteiger partial charge in [0.05, 0.1) is 24.9 Å². The summed E-state index contributed by atoms with van der Waals surface area (Å²) in [4.78, 5) is 41.7. The van der Waals surface area contributed by atoms with E-state index in [0.29, 0.717) is 22.4 Å². The lowest BCUT2D eigenvalue weighted by molar-refractivity contribution is -0.133. The molecule has 0 radical (unpaired) electrons. The molecular weight excluding hydrogens is 536 g/mol. The van der Waals surface area contributed by atoms with Crippen LogP contribution in [0.2, 0.25) is 0 Å². The minimum atomic E-state index is -1.40. The van der Waals surface area contributed by atoms with Crippen LogP contribution in [-0.4, -0.2) is 36.8 Å². The van der Waals surface area contributed by atoms with Crippen LogP contribution >= 0.6 is 0 Å². The second-order valence-electron chi connectivity index (χ2n) is 9.41. The van der Waals surface area contributed by atoms with E-state index in [4.69, 9.17) is 19.9 Å². The van der Waals surface area contributed by atoms with Gasteiger partial charge < -0.3 is 24.7 Å². The molecule has 0 unspecified atom stereocenters. The Morgan fingerprint density at radius 3 is 2.34 bits per heavy atom. The van der Waals surface area contributed by atoms with Crippen LogP contribution < -0.4 is 24.8 Å². The quantitative estimate of drug-likeness (QED) is 0.152. The highest BCUT2D eigenvalue weighted by atomic mass is 19.1. The highest BCUT2D eigenvalue weighted by molar-refractivity contribution is 6.16. The van der Waals surface area contributed by atoms with E-state index < -0.39 is 28.9 Å². The van der Waals surface area contributed by atoms with Crippen molar-refractivity contribution in [3.05, 3.63) is 78.5 Å². The van der Waals surface area contributed by atoms with Gasteiger partial charge in [-0.3, -0.25) is 19.5 Å². The zero-order chi connectivity index (χ0) is 29.1. The predicted molar refractivity (Wildman–Crippen MR) is 145 cm³/mol. The maximum absolute atomic E-state index is 15.5. The Morgan fingerprint density at radius 2 is 1.71 bits per heavy atom. The van der Waals surface area contributed by atoms with E-state index in [1.807, 2.05) is 0 Å². The smallest absolute Gasteiger partial charge is 0.247 e. The van der Waals surface area contributed by atoms with Crippen LogP contribution in [0.3, 0.4) is 0 Å². The van der Waals surface area contributed by atoms with Gasteiger partial charge in [0.25, 0.3) is 0 Å². The van der Waals surface area contributed by atoms with E-state index in [1.165, 1.54) is 37.6 Å². The lowest BCUT2D eigenvalue weighted by atomic mass is 10.0. The van der Waals surface area contributed by atoms with Crippen LogP contribution in [-0.2, 0) is 14.4 Å². The van der Waals surface area contributed by atoms with Crippen molar-refractivity contribution < 1.29 is 37.4 Å². The van der Waals surface area contributed by atoms with Crippen molar-refractivity contribution in [1.82, 2.24) is 4.98 Å². The Hall–Kier alpha value is -5.06. The zero-order valence-electron chi connectivity index (χ0n) is 21.9. The molecule has 0 spiro atoms. The SMILES string of the molecule is COc1cc2c(Oc3ccc(N(C(=O)C4(C(N)=O)CC4)c4ccc(F)cc4)cc3F)ccnc2cc1OCCC=O. The summed E-state index contributed by atoms with van der Waals surface area (Å²) in [5.41, 5.74) is 4.96. The molecule has 0 bridgehead atoms. The molecule has 2 amide bonds. The highest BCUT2D eigenvalue weighted by Crippen LogP contribution is 2.49. The number of carbonyl (C=O) groups excluding carboxylic acids is 3. The number of ether oxygens (including phenoxy) is 3. The first-order valence-corrected chi connectivity index (χ1v) is 12.7.